The molecule has 0 amide bonds. The van der Waals surface area contributed by atoms with Gasteiger partial charge >= 0.3 is 0 Å². The topological polar surface area (TPSA) is 12.0 Å². The molecular weight excluding hydrogens is 168 g/mol. The van der Waals surface area contributed by atoms with Gasteiger partial charge in [-0.2, -0.15) is 0 Å². The van der Waals surface area contributed by atoms with Crippen molar-refractivity contribution in [2.24, 2.45) is 0 Å². The third kappa shape index (κ3) is 2.24. The lowest BCUT2D eigenvalue weighted by Crippen LogP contribution is -2.02. The molecule has 0 aromatic carbocycles. The first-order valence-corrected chi connectivity index (χ1v) is 4.07. The summed E-state index contributed by atoms with van der Waals surface area (Å²) in [7, 11) is 1.79. The van der Waals surface area contributed by atoms with Crippen molar-refractivity contribution in [3.63, 3.8) is 0 Å². The van der Waals surface area contributed by atoms with E-state index in [1.807, 2.05) is 0 Å². The summed E-state index contributed by atoms with van der Waals surface area (Å²) < 4.78 is 24.0. The van der Waals surface area contributed by atoms with E-state index in [0.29, 0.717) is 6.54 Å². The zero-order chi connectivity index (χ0) is 8.27. The maximum atomic E-state index is 12.0. The second-order valence-corrected chi connectivity index (χ2v) is 3.34. The minimum absolute atomic E-state index is 0.148. The van der Waals surface area contributed by atoms with Crippen molar-refractivity contribution < 1.29 is 8.78 Å². The number of hydrogen-bond donors (Lipinski definition) is 1. The minimum Gasteiger partial charge on any atom is -0.315 e. The average molecular weight is 177 g/mol. The molecule has 0 unspecified atom stereocenters. The number of rotatable bonds is 3. The van der Waals surface area contributed by atoms with Gasteiger partial charge in [0, 0.05) is 11.4 Å². The zero-order valence-corrected chi connectivity index (χ0v) is 6.92. The van der Waals surface area contributed by atoms with E-state index in [4.69, 9.17) is 0 Å². The van der Waals surface area contributed by atoms with Crippen molar-refractivity contribution in [3.05, 3.63) is 21.9 Å². The Balaban J connectivity index is 2.66. The molecule has 0 fully saturated rings. The van der Waals surface area contributed by atoms with E-state index in [1.165, 1.54) is 6.07 Å². The van der Waals surface area contributed by atoms with Gasteiger partial charge in [0.2, 0.25) is 0 Å². The summed E-state index contributed by atoms with van der Waals surface area (Å²) >= 11 is 1.15. The molecule has 0 radical (unpaired) electrons. The van der Waals surface area contributed by atoms with Crippen LogP contribution < -0.4 is 5.32 Å². The molecule has 11 heavy (non-hydrogen) atoms. The lowest BCUT2D eigenvalue weighted by atomic mass is 10.4. The summed E-state index contributed by atoms with van der Waals surface area (Å²) in [5.74, 6) is 0. The van der Waals surface area contributed by atoms with Gasteiger partial charge in [0.05, 0.1) is 4.88 Å². The molecule has 0 saturated carbocycles. The molecule has 1 N–H and O–H groups in total. The molecule has 1 aromatic heterocycles. The van der Waals surface area contributed by atoms with Crippen LogP contribution in [0.4, 0.5) is 8.78 Å². The van der Waals surface area contributed by atoms with Crippen molar-refractivity contribution in [2.45, 2.75) is 13.0 Å². The quantitative estimate of drug-likeness (QED) is 0.747. The molecule has 62 valence electrons. The van der Waals surface area contributed by atoms with Gasteiger partial charge < -0.3 is 5.32 Å². The normalized spacial score (nSPS) is 10.9. The number of hydrogen-bond acceptors (Lipinski definition) is 2. The Labute approximate surface area is 68.0 Å². The second-order valence-electron chi connectivity index (χ2n) is 2.14. The highest BCUT2D eigenvalue weighted by Gasteiger charge is 2.08. The van der Waals surface area contributed by atoms with E-state index in [2.05, 4.69) is 5.32 Å². The van der Waals surface area contributed by atoms with E-state index in [9.17, 15) is 8.78 Å². The fourth-order valence-corrected chi connectivity index (χ4v) is 1.66. The summed E-state index contributed by atoms with van der Waals surface area (Å²) in [6.07, 6.45) is -2.33. The zero-order valence-electron chi connectivity index (χ0n) is 6.10. The smallest absolute Gasteiger partial charge is 0.272 e. The molecule has 0 aliphatic heterocycles. The van der Waals surface area contributed by atoms with Crippen LogP contribution >= 0.6 is 11.3 Å². The average Bonchev–Trinajstić information content (AvgIpc) is 2.37. The lowest BCUT2D eigenvalue weighted by Gasteiger charge is -1.92. The number of halogens is 2. The van der Waals surface area contributed by atoms with Gasteiger partial charge in [-0.25, -0.2) is 8.78 Å². The van der Waals surface area contributed by atoms with Crippen LogP contribution in [0.1, 0.15) is 16.2 Å². The third-order valence-electron chi connectivity index (χ3n) is 1.25. The van der Waals surface area contributed by atoms with Gasteiger partial charge in [-0.15, -0.1) is 11.3 Å². The Hall–Kier alpha value is -0.480. The van der Waals surface area contributed by atoms with E-state index < -0.39 is 6.43 Å². The number of thiophene rings is 1. The van der Waals surface area contributed by atoms with Crippen LogP contribution in [0.5, 0.6) is 0 Å². The summed E-state index contributed by atoms with van der Waals surface area (Å²) in [5, 5.41) is 2.90. The summed E-state index contributed by atoms with van der Waals surface area (Å²) in [5.41, 5.74) is 0. The minimum atomic E-state index is -2.33. The molecule has 0 atom stereocenters. The Morgan fingerprint density at radius 1 is 1.55 bits per heavy atom. The van der Waals surface area contributed by atoms with Gasteiger partial charge in [0.25, 0.3) is 6.43 Å². The molecule has 1 heterocycles. The monoisotopic (exact) mass is 177 g/mol. The molecule has 0 aliphatic carbocycles. The van der Waals surface area contributed by atoms with Crippen molar-refractivity contribution in [1.29, 1.82) is 0 Å². The maximum Gasteiger partial charge on any atom is 0.272 e. The summed E-state index contributed by atoms with van der Waals surface area (Å²) in [6.45, 7) is 0.664. The molecule has 0 saturated heterocycles. The first-order chi connectivity index (χ1) is 5.24. The third-order valence-corrected chi connectivity index (χ3v) is 2.34. The van der Waals surface area contributed by atoms with Crippen LogP contribution in [-0.4, -0.2) is 7.05 Å². The maximum absolute atomic E-state index is 12.0. The highest BCUT2D eigenvalue weighted by molar-refractivity contribution is 7.12. The Bertz CT molecular complexity index is 222. The van der Waals surface area contributed by atoms with Crippen LogP contribution in [0.15, 0.2) is 12.1 Å². The first-order valence-electron chi connectivity index (χ1n) is 3.25. The van der Waals surface area contributed by atoms with Gasteiger partial charge in [-0.1, -0.05) is 0 Å². The summed E-state index contributed by atoms with van der Waals surface area (Å²) in [6, 6.07) is 3.20. The molecular formula is C7H9F2NS. The van der Waals surface area contributed by atoms with Crippen LogP contribution in [0.25, 0.3) is 0 Å². The van der Waals surface area contributed by atoms with Crippen LogP contribution in [0.2, 0.25) is 0 Å². The predicted molar refractivity (Wildman–Crippen MR) is 42.0 cm³/mol. The molecule has 4 heteroatoms. The van der Waals surface area contributed by atoms with Crippen LogP contribution in [0.3, 0.4) is 0 Å². The second kappa shape index (κ2) is 3.78. The molecule has 1 aromatic rings. The predicted octanol–water partition coefficient (Wildman–Crippen LogP) is 2.41. The molecule has 0 spiro atoms. The van der Waals surface area contributed by atoms with Crippen molar-refractivity contribution in [1.82, 2.24) is 5.32 Å². The highest BCUT2D eigenvalue weighted by Crippen LogP contribution is 2.26. The molecule has 0 bridgehead atoms. The van der Waals surface area contributed by atoms with Gasteiger partial charge in [0.1, 0.15) is 0 Å². The first kappa shape index (κ1) is 8.62. The standard InChI is InChI=1S/C7H9F2NS/c1-10-4-5-2-3-6(11-5)7(8)9/h2-3,7,10H,4H2,1H3. The van der Waals surface area contributed by atoms with E-state index in [-0.39, 0.29) is 4.88 Å². The molecule has 1 nitrogen and oxygen atoms in total. The van der Waals surface area contributed by atoms with E-state index in [0.717, 1.165) is 16.2 Å². The summed E-state index contributed by atoms with van der Waals surface area (Å²) in [4.78, 5) is 1.10. The molecule has 1 rings (SSSR count). The SMILES string of the molecule is CNCc1ccc(C(F)F)s1. The molecule has 0 aliphatic rings. The largest absolute Gasteiger partial charge is 0.315 e. The Morgan fingerprint density at radius 2 is 2.27 bits per heavy atom. The Kier molecular flexibility index (Phi) is 2.96. The number of alkyl halides is 2. The van der Waals surface area contributed by atoms with Crippen molar-refractivity contribution >= 4 is 11.3 Å². The Morgan fingerprint density at radius 3 is 2.73 bits per heavy atom. The highest BCUT2D eigenvalue weighted by atomic mass is 32.1. The van der Waals surface area contributed by atoms with Crippen LogP contribution in [-0.2, 0) is 6.54 Å². The number of nitrogens with one attached hydrogen (secondary N) is 1. The lowest BCUT2D eigenvalue weighted by molar-refractivity contribution is 0.155. The van der Waals surface area contributed by atoms with Gasteiger partial charge in [-0.3, -0.25) is 0 Å². The van der Waals surface area contributed by atoms with Crippen LogP contribution in [0, 0.1) is 0 Å². The fourth-order valence-electron chi connectivity index (χ4n) is 0.781. The van der Waals surface area contributed by atoms with Crippen molar-refractivity contribution in [2.75, 3.05) is 7.05 Å². The van der Waals surface area contributed by atoms with Gasteiger partial charge in [0.15, 0.2) is 0 Å². The van der Waals surface area contributed by atoms with Gasteiger partial charge in [-0.05, 0) is 19.2 Å². The van der Waals surface area contributed by atoms with E-state index in [1.54, 1.807) is 13.1 Å². The van der Waals surface area contributed by atoms with Crippen molar-refractivity contribution in [3.8, 4) is 0 Å². The van der Waals surface area contributed by atoms with E-state index >= 15 is 0 Å². The fraction of sp³-hybridized carbons (Fsp3) is 0.429.